The Morgan fingerprint density at radius 1 is 1.00 bits per heavy atom. The Morgan fingerprint density at radius 2 is 1.43 bits per heavy atom. The molecular weight excluding hydrogens is 292 g/mol. The molecule has 2 aromatic carbocycles. The molecule has 2 aromatic rings. The third-order valence-corrected chi connectivity index (χ3v) is 3.98. The molecule has 0 aromatic heterocycles. The molecule has 0 saturated carbocycles. The van der Waals surface area contributed by atoms with Crippen LogP contribution in [0.25, 0.3) is 0 Å². The zero-order valence-electron chi connectivity index (χ0n) is 11.2. The van der Waals surface area contributed by atoms with E-state index in [2.05, 4.69) is 0 Å². The average Bonchev–Trinajstić information content (AvgIpc) is 2.46. The first-order valence-electron chi connectivity index (χ1n) is 5.99. The Morgan fingerprint density at radius 3 is 1.81 bits per heavy atom. The molecule has 0 saturated heterocycles. The smallest absolute Gasteiger partial charge is 0.335 e. The van der Waals surface area contributed by atoms with Gasteiger partial charge in [0.15, 0.2) is 0 Å². The van der Waals surface area contributed by atoms with E-state index in [-0.39, 0.29) is 10.5 Å². The Hall–Kier alpha value is -2.38. The number of aromatic carboxylic acids is 1. The van der Waals surface area contributed by atoms with Crippen molar-refractivity contribution in [2.75, 3.05) is 11.9 Å². The summed E-state index contributed by atoms with van der Waals surface area (Å²) in [6, 6.07) is 12.5. The fraction of sp³-hybridized carbons (Fsp3) is 0.0714. The van der Waals surface area contributed by atoms with E-state index in [1.54, 1.807) is 36.2 Å². The third kappa shape index (κ3) is 3.39. The lowest BCUT2D eigenvalue weighted by molar-refractivity contribution is 0.0697. The molecule has 0 bridgehead atoms. The number of benzene rings is 2. The molecule has 7 heteroatoms. The number of carboxylic acid groups (broad SMARTS) is 1. The van der Waals surface area contributed by atoms with Crippen LogP contribution in [0.5, 0.6) is 0 Å². The second kappa shape index (κ2) is 5.55. The topological polar surface area (TPSA) is 101 Å². The minimum atomic E-state index is -3.71. The van der Waals surface area contributed by atoms with Gasteiger partial charge in [0.05, 0.1) is 10.5 Å². The maximum absolute atomic E-state index is 11.2. The van der Waals surface area contributed by atoms with Crippen LogP contribution in [0, 0.1) is 0 Å². The van der Waals surface area contributed by atoms with Crippen molar-refractivity contribution >= 4 is 27.4 Å². The van der Waals surface area contributed by atoms with Crippen LogP contribution >= 0.6 is 0 Å². The predicted octanol–water partition coefficient (Wildman–Crippen LogP) is 1.80. The van der Waals surface area contributed by atoms with E-state index in [0.717, 1.165) is 11.4 Å². The number of rotatable bonds is 4. The Labute approximate surface area is 122 Å². The number of nitrogens with two attached hydrogens (primary N) is 1. The molecule has 0 radical (unpaired) electrons. The van der Waals surface area contributed by atoms with Crippen LogP contribution in [0.2, 0.25) is 0 Å². The van der Waals surface area contributed by atoms with Gasteiger partial charge in [-0.1, -0.05) is 0 Å². The lowest BCUT2D eigenvalue weighted by Gasteiger charge is -2.19. The summed E-state index contributed by atoms with van der Waals surface area (Å²) in [5, 5.41) is 13.9. The molecule has 0 atom stereocenters. The molecule has 0 aliphatic rings. The zero-order valence-corrected chi connectivity index (χ0v) is 12.0. The number of hydrogen-bond acceptors (Lipinski definition) is 4. The van der Waals surface area contributed by atoms with E-state index in [9.17, 15) is 13.2 Å². The first-order chi connectivity index (χ1) is 9.79. The highest BCUT2D eigenvalue weighted by molar-refractivity contribution is 7.89. The molecule has 0 aliphatic carbocycles. The maximum Gasteiger partial charge on any atom is 0.335 e. The SMILES string of the molecule is CN(c1ccc(C(=O)O)cc1)c1ccc(S(N)(=O)=O)cc1. The van der Waals surface area contributed by atoms with E-state index in [0.29, 0.717) is 0 Å². The monoisotopic (exact) mass is 306 g/mol. The van der Waals surface area contributed by atoms with Gasteiger partial charge >= 0.3 is 5.97 Å². The van der Waals surface area contributed by atoms with Gasteiger partial charge in [0.2, 0.25) is 10.0 Å². The number of primary sulfonamides is 1. The number of hydrogen-bond donors (Lipinski definition) is 2. The van der Waals surface area contributed by atoms with Gasteiger partial charge in [0, 0.05) is 18.4 Å². The number of carbonyl (C=O) groups is 1. The summed E-state index contributed by atoms with van der Waals surface area (Å²) in [6.45, 7) is 0. The first-order valence-corrected chi connectivity index (χ1v) is 7.53. The summed E-state index contributed by atoms with van der Waals surface area (Å²) < 4.78 is 22.4. The van der Waals surface area contributed by atoms with E-state index < -0.39 is 16.0 Å². The maximum atomic E-state index is 11.2. The van der Waals surface area contributed by atoms with E-state index in [1.807, 2.05) is 0 Å². The first kappa shape index (κ1) is 15.0. The quantitative estimate of drug-likeness (QED) is 0.897. The number of sulfonamides is 1. The van der Waals surface area contributed by atoms with Crippen molar-refractivity contribution in [3.8, 4) is 0 Å². The fourth-order valence-electron chi connectivity index (χ4n) is 1.84. The van der Waals surface area contributed by atoms with Crippen LogP contribution in [-0.2, 0) is 10.0 Å². The molecule has 0 heterocycles. The average molecular weight is 306 g/mol. The Balaban J connectivity index is 2.27. The zero-order chi connectivity index (χ0) is 15.6. The summed E-state index contributed by atoms with van der Waals surface area (Å²) in [5.41, 5.74) is 1.74. The van der Waals surface area contributed by atoms with Gasteiger partial charge in [-0.05, 0) is 48.5 Å². The standard InChI is InChI=1S/C14H14N2O4S/c1-16(11-4-2-10(3-5-11)14(17)18)12-6-8-13(9-7-12)21(15,19)20/h2-9H,1H3,(H,17,18)(H2,15,19,20). The van der Waals surface area contributed by atoms with Crippen molar-refractivity contribution in [2.24, 2.45) is 5.14 Å². The summed E-state index contributed by atoms with van der Waals surface area (Å²) in [7, 11) is -1.92. The van der Waals surface area contributed by atoms with Crippen LogP contribution in [0.4, 0.5) is 11.4 Å². The highest BCUT2D eigenvalue weighted by atomic mass is 32.2. The van der Waals surface area contributed by atoms with Gasteiger partial charge in [-0.25, -0.2) is 18.4 Å². The lowest BCUT2D eigenvalue weighted by atomic mass is 10.2. The third-order valence-electron chi connectivity index (χ3n) is 3.05. The number of nitrogens with zero attached hydrogens (tertiary/aromatic N) is 1. The summed E-state index contributed by atoms with van der Waals surface area (Å²) in [5.74, 6) is -0.985. The van der Waals surface area contributed by atoms with Crippen LogP contribution < -0.4 is 10.0 Å². The highest BCUT2D eigenvalue weighted by Crippen LogP contribution is 2.24. The van der Waals surface area contributed by atoms with Crippen molar-refractivity contribution in [2.45, 2.75) is 4.90 Å². The van der Waals surface area contributed by atoms with Gasteiger partial charge < -0.3 is 10.0 Å². The molecule has 0 fully saturated rings. The van der Waals surface area contributed by atoms with Crippen molar-refractivity contribution in [1.82, 2.24) is 0 Å². The molecule has 110 valence electrons. The summed E-state index contributed by atoms with van der Waals surface area (Å²) in [6.07, 6.45) is 0. The summed E-state index contributed by atoms with van der Waals surface area (Å²) >= 11 is 0. The largest absolute Gasteiger partial charge is 0.478 e. The van der Waals surface area contributed by atoms with E-state index >= 15 is 0 Å². The van der Waals surface area contributed by atoms with Crippen LogP contribution in [0.1, 0.15) is 10.4 Å². The Bertz CT molecular complexity index is 753. The summed E-state index contributed by atoms with van der Waals surface area (Å²) in [4.78, 5) is 12.6. The number of carboxylic acids is 1. The Kier molecular flexibility index (Phi) is 3.97. The van der Waals surface area contributed by atoms with Gasteiger partial charge in [0.1, 0.15) is 0 Å². The number of anilines is 2. The second-order valence-electron chi connectivity index (χ2n) is 4.45. The molecule has 0 spiro atoms. The van der Waals surface area contributed by atoms with Gasteiger partial charge in [-0.3, -0.25) is 0 Å². The van der Waals surface area contributed by atoms with Crippen LogP contribution in [0.3, 0.4) is 0 Å². The molecule has 0 unspecified atom stereocenters. The molecule has 21 heavy (non-hydrogen) atoms. The van der Waals surface area contributed by atoms with E-state index in [1.165, 1.54) is 24.3 Å². The van der Waals surface area contributed by atoms with Crippen molar-refractivity contribution in [1.29, 1.82) is 0 Å². The molecule has 6 nitrogen and oxygen atoms in total. The molecule has 0 amide bonds. The lowest BCUT2D eigenvalue weighted by Crippen LogP contribution is -2.13. The normalized spacial score (nSPS) is 11.1. The van der Waals surface area contributed by atoms with Gasteiger partial charge in [0.25, 0.3) is 0 Å². The van der Waals surface area contributed by atoms with Crippen LogP contribution in [0.15, 0.2) is 53.4 Å². The van der Waals surface area contributed by atoms with Gasteiger partial charge in [-0.15, -0.1) is 0 Å². The molecule has 0 aliphatic heterocycles. The van der Waals surface area contributed by atoms with Crippen molar-refractivity contribution in [3.63, 3.8) is 0 Å². The molecule has 2 rings (SSSR count). The van der Waals surface area contributed by atoms with Gasteiger partial charge in [-0.2, -0.15) is 0 Å². The van der Waals surface area contributed by atoms with Crippen LogP contribution in [-0.4, -0.2) is 26.5 Å². The molecule has 3 N–H and O–H groups in total. The fourth-order valence-corrected chi connectivity index (χ4v) is 2.35. The minimum Gasteiger partial charge on any atom is -0.478 e. The predicted molar refractivity (Wildman–Crippen MR) is 79.3 cm³/mol. The minimum absolute atomic E-state index is 0.0425. The van der Waals surface area contributed by atoms with Crippen molar-refractivity contribution in [3.05, 3.63) is 54.1 Å². The highest BCUT2D eigenvalue weighted by Gasteiger charge is 2.10. The van der Waals surface area contributed by atoms with E-state index in [4.69, 9.17) is 10.2 Å². The molecular formula is C14H14N2O4S. The second-order valence-corrected chi connectivity index (χ2v) is 6.01. The van der Waals surface area contributed by atoms with Crippen molar-refractivity contribution < 1.29 is 18.3 Å².